The van der Waals surface area contributed by atoms with Crippen LogP contribution in [0.15, 0.2) is 12.2 Å². The highest BCUT2D eigenvalue weighted by Crippen LogP contribution is 2.13. The molecule has 6 nitrogen and oxygen atoms in total. The first-order valence-electron chi connectivity index (χ1n) is 8.68. The number of ether oxygens (including phenoxy) is 2. The minimum Gasteiger partial charge on any atom is -0.481 e. The van der Waals surface area contributed by atoms with Crippen LogP contribution in [0.5, 0.6) is 0 Å². The van der Waals surface area contributed by atoms with Crippen molar-refractivity contribution in [3.8, 4) is 0 Å². The van der Waals surface area contributed by atoms with Gasteiger partial charge in [0.05, 0.1) is 19.3 Å². The zero-order valence-corrected chi connectivity index (χ0v) is 15.0. The number of hydrogen-bond donors (Lipinski definition) is 1. The summed E-state index contributed by atoms with van der Waals surface area (Å²) in [7, 11) is 0. The number of carbonyl (C=O) groups is 3. The van der Waals surface area contributed by atoms with Crippen molar-refractivity contribution in [2.24, 2.45) is 0 Å². The van der Waals surface area contributed by atoms with Crippen LogP contribution in [0.4, 0.5) is 0 Å². The van der Waals surface area contributed by atoms with Gasteiger partial charge in [-0.3, -0.25) is 14.4 Å². The molecule has 2 atom stereocenters. The Labute approximate surface area is 144 Å². The van der Waals surface area contributed by atoms with Gasteiger partial charge in [-0.1, -0.05) is 45.8 Å². The highest BCUT2D eigenvalue weighted by Gasteiger charge is 2.22. The number of aliphatic carboxylic acids is 1. The quantitative estimate of drug-likeness (QED) is 0.406. The minimum absolute atomic E-state index is 0.0447. The molecule has 0 aliphatic carbocycles. The van der Waals surface area contributed by atoms with Crippen molar-refractivity contribution < 1.29 is 29.0 Å². The highest BCUT2D eigenvalue weighted by atomic mass is 16.6. The van der Waals surface area contributed by atoms with E-state index in [1.54, 1.807) is 6.08 Å². The molecule has 0 aromatic carbocycles. The lowest BCUT2D eigenvalue weighted by atomic mass is 10.1. The molecule has 138 valence electrons. The van der Waals surface area contributed by atoms with Gasteiger partial charge >= 0.3 is 17.9 Å². The fourth-order valence-electron chi connectivity index (χ4n) is 2.24. The Balaban J connectivity index is 4.50. The summed E-state index contributed by atoms with van der Waals surface area (Å²) in [6, 6.07) is 0. The summed E-state index contributed by atoms with van der Waals surface area (Å²) < 4.78 is 10.6. The first-order valence-corrected chi connectivity index (χ1v) is 8.68. The van der Waals surface area contributed by atoms with E-state index in [2.05, 4.69) is 0 Å². The molecular formula is C18H30O6. The van der Waals surface area contributed by atoms with E-state index in [1.807, 2.05) is 26.8 Å². The molecule has 6 heteroatoms. The molecule has 1 N–H and O–H groups in total. The molecule has 0 amide bonds. The Morgan fingerprint density at radius 2 is 1.42 bits per heavy atom. The molecule has 0 aromatic heterocycles. The number of esters is 2. The van der Waals surface area contributed by atoms with E-state index < -0.39 is 24.1 Å². The Hall–Kier alpha value is -1.85. The predicted octanol–water partition coefficient (Wildman–Crippen LogP) is 3.63. The van der Waals surface area contributed by atoms with E-state index in [4.69, 9.17) is 14.6 Å². The van der Waals surface area contributed by atoms with Crippen LogP contribution in [-0.4, -0.2) is 35.2 Å². The summed E-state index contributed by atoms with van der Waals surface area (Å²) in [5.41, 5.74) is 0. The second-order valence-electron chi connectivity index (χ2n) is 5.69. The number of carboxylic acid groups (broad SMARTS) is 1. The van der Waals surface area contributed by atoms with Crippen molar-refractivity contribution in [3.63, 3.8) is 0 Å². The van der Waals surface area contributed by atoms with Crippen molar-refractivity contribution in [2.45, 2.75) is 84.3 Å². The molecule has 0 aliphatic rings. The molecule has 2 unspecified atom stereocenters. The highest BCUT2D eigenvalue weighted by molar-refractivity contribution is 5.74. The fourth-order valence-corrected chi connectivity index (χ4v) is 2.24. The Morgan fingerprint density at radius 3 is 1.92 bits per heavy atom. The zero-order valence-electron chi connectivity index (χ0n) is 15.0. The van der Waals surface area contributed by atoms with Gasteiger partial charge in [0.1, 0.15) is 12.2 Å². The maximum Gasteiger partial charge on any atom is 0.309 e. The molecule has 0 saturated carbocycles. The van der Waals surface area contributed by atoms with Crippen LogP contribution in [-0.2, 0) is 23.9 Å². The summed E-state index contributed by atoms with van der Waals surface area (Å²) in [6.07, 6.45) is 5.79. The average Bonchev–Trinajstić information content (AvgIpc) is 2.47. The van der Waals surface area contributed by atoms with Crippen molar-refractivity contribution >= 4 is 17.9 Å². The lowest BCUT2D eigenvalue weighted by Crippen LogP contribution is -2.26. The fraction of sp³-hybridized carbons (Fsp3) is 0.722. The van der Waals surface area contributed by atoms with Gasteiger partial charge in [0.15, 0.2) is 0 Å². The molecule has 0 saturated heterocycles. The minimum atomic E-state index is -1.000. The van der Waals surface area contributed by atoms with Crippen LogP contribution < -0.4 is 0 Å². The van der Waals surface area contributed by atoms with Gasteiger partial charge in [-0.25, -0.2) is 0 Å². The molecule has 0 heterocycles. The number of rotatable bonds is 13. The van der Waals surface area contributed by atoms with E-state index in [0.717, 1.165) is 19.3 Å². The second kappa shape index (κ2) is 13.6. The van der Waals surface area contributed by atoms with Crippen molar-refractivity contribution in [1.29, 1.82) is 0 Å². The molecule has 0 bridgehead atoms. The van der Waals surface area contributed by atoms with Crippen molar-refractivity contribution in [3.05, 3.63) is 12.2 Å². The predicted molar refractivity (Wildman–Crippen MR) is 90.5 cm³/mol. The van der Waals surface area contributed by atoms with E-state index in [0.29, 0.717) is 12.8 Å². The topological polar surface area (TPSA) is 89.9 Å². The number of carboxylic acids is 1. The largest absolute Gasteiger partial charge is 0.481 e. The van der Waals surface area contributed by atoms with E-state index in [-0.39, 0.29) is 25.2 Å². The van der Waals surface area contributed by atoms with Crippen molar-refractivity contribution in [2.75, 3.05) is 0 Å². The maximum absolute atomic E-state index is 12.0. The monoisotopic (exact) mass is 342 g/mol. The summed E-state index contributed by atoms with van der Waals surface area (Å²) in [5.74, 6) is -1.90. The van der Waals surface area contributed by atoms with Crippen LogP contribution in [0, 0.1) is 0 Å². The Kier molecular flexibility index (Phi) is 12.5. The van der Waals surface area contributed by atoms with E-state index >= 15 is 0 Å². The van der Waals surface area contributed by atoms with Crippen molar-refractivity contribution in [1.82, 2.24) is 0 Å². The Morgan fingerprint density at radius 1 is 0.875 bits per heavy atom. The van der Waals surface area contributed by atoms with Gasteiger partial charge < -0.3 is 14.6 Å². The van der Waals surface area contributed by atoms with Gasteiger partial charge in [-0.2, -0.15) is 0 Å². The third-order valence-corrected chi connectivity index (χ3v) is 3.30. The third kappa shape index (κ3) is 11.7. The van der Waals surface area contributed by atoms with Crippen LogP contribution in [0.3, 0.4) is 0 Å². The van der Waals surface area contributed by atoms with Gasteiger partial charge in [0.25, 0.3) is 0 Å². The molecule has 0 rings (SSSR count). The number of hydrogen-bond acceptors (Lipinski definition) is 5. The molecule has 0 aromatic rings. The molecular weight excluding hydrogens is 312 g/mol. The maximum atomic E-state index is 12.0. The van der Waals surface area contributed by atoms with Gasteiger partial charge in [0.2, 0.25) is 0 Å². The smallest absolute Gasteiger partial charge is 0.309 e. The molecule has 24 heavy (non-hydrogen) atoms. The normalized spacial score (nSPS) is 13.5. The second-order valence-corrected chi connectivity index (χ2v) is 5.69. The van der Waals surface area contributed by atoms with Gasteiger partial charge in [0, 0.05) is 0 Å². The Bertz CT molecular complexity index is 416. The van der Waals surface area contributed by atoms with E-state index in [1.165, 1.54) is 0 Å². The van der Waals surface area contributed by atoms with Crippen LogP contribution in [0.1, 0.15) is 72.1 Å². The molecule has 0 radical (unpaired) electrons. The number of carbonyl (C=O) groups excluding carboxylic acids is 2. The van der Waals surface area contributed by atoms with Gasteiger partial charge in [-0.05, 0) is 19.3 Å². The average molecular weight is 342 g/mol. The first kappa shape index (κ1) is 22.1. The van der Waals surface area contributed by atoms with Gasteiger partial charge in [-0.15, -0.1) is 0 Å². The lowest BCUT2D eigenvalue weighted by molar-refractivity contribution is -0.159. The summed E-state index contributed by atoms with van der Waals surface area (Å²) in [5, 5.41) is 8.84. The van der Waals surface area contributed by atoms with Crippen LogP contribution >= 0.6 is 0 Å². The zero-order chi connectivity index (χ0) is 18.4. The summed E-state index contributed by atoms with van der Waals surface area (Å²) >= 11 is 0. The lowest BCUT2D eigenvalue weighted by Gasteiger charge is -2.19. The summed E-state index contributed by atoms with van der Waals surface area (Å²) in [6.45, 7) is 5.81. The third-order valence-electron chi connectivity index (χ3n) is 3.30. The number of allylic oxidation sites excluding steroid dienone is 1. The first-order chi connectivity index (χ1) is 11.4. The SMILES string of the molecule is CC/C=C/CC(=O)OC(CCC)CC(=O)OC(CCC)CC(=O)O. The van der Waals surface area contributed by atoms with E-state index in [9.17, 15) is 14.4 Å². The van der Waals surface area contributed by atoms with Crippen LogP contribution in [0.25, 0.3) is 0 Å². The van der Waals surface area contributed by atoms with Crippen LogP contribution in [0.2, 0.25) is 0 Å². The standard InChI is InChI=1S/C18H30O6/c1-4-7-8-11-17(21)23-15(10-6-3)13-18(22)24-14(9-5-2)12-16(19)20/h7-8,14-15H,4-6,9-13H2,1-3H3,(H,19,20)/b8-7+. The summed E-state index contributed by atoms with van der Waals surface area (Å²) in [4.78, 5) is 34.6. The molecule has 0 spiro atoms. The molecule has 0 aliphatic heterocycles. The molecule has 0 fully saturated rings.